The van der Waals surface area contributed by atoms with Crippen LogP contribution in [0.3, 0.4) is 0 Å². The van der Waals surface area contributed by atoms with Gasteiger partial charge in [-0.15, -0.1) is 0 Å². The molecule has 0 aromatic heterocycles. The summed E-state index contributed by atoms with van der Waals surface area (Å²) in [6.07, 6.45) is 1.01. The Kier molecular flexibility index (Phi) is 4.45. The molecule has 4 nitrogen and oxygen atoms in total. The predicted molar refractivity (Wildman–Crippen MR) is 81.4 cm³/mol. The zero-order valence-electron chi connectivity index (χ0n) is 11.8. The van der Waals surface area contributed by atoms with Crippen molar-refractivity contribution >= 4 is 16.6 Å². The van der Waals surface area contributed by atoms with Crippen molar-refractivity contribution in [3.05, 3.63) is 42.0 Å². The lowest BCUT2D eigenvalue weighted by molar-refractivity contribution is 0.292. The van der Waals surface area contributed by atoms with Gasteiger partial charge in [-0.1, -0.05) is 43.3 Å². The molecule has 2 aromatic carbocycles. The van der Waals surface area contributed by atoms with Crippen LogP contribution in [-0.4, -0.2) is 17.6 Å². The van der Waals surface area contributed by atoms with Gasteiger partial charge in [0.05, 0.1) is 6.61 Å². The molecule has 0 fully saturated rings. The van der Waals surface area contributed by atoms with Crippen LogP contribution in [0.15, 0.2) is 41.6 Å². The third-order valence-corrected chi connectivity index (χ3v) is 3.22. The lowest BCUT2D eigenvalue weighted by Gasteiger charge is -2.12. The van der Waals surface area contributed by atoms with Crippen molar-refractivity contribution in [2.24, 2.45) is 16.8 Å². The lowest BCUT2D eigenvalue weighted by Crippen LogP contribution is -2.13. The van der Waals surface area contributed by atoms with Crippen LogP contribution >= 0.6 is 0 Å². The van der Waals surface area contributed by atoms with E-state index >= 15 is 0 Å². The van der Waals surface area contributed by atoms with Crippen LogP contribution in [0.1, 0.15) is 25.8 Å². The molecule has 0 heterocycles. The summed E-state index contributed by atoms with van der Waals surface area (Å²) in [7, 11) is 0. The Morgan fingerprint density at radius 3 is 2.55 bits per heavy atom. The minimum atomic E-state index is 0.106. The second kappa shape index (κ2) is 6.28. The Morgan fingerprint density at radius 2 is 1.90 bits per heavy atom. The Bertz CT molecular complexity index is 621. The number of ether oxygens (including phenoxy) is 1. The van der Waals surface area contributed by atoms with Gasteiger partial charge < -0.3 is 15.7 Å². The molecule has 20 heavy (non-hydrogen) atoms. The molecule has 4 heteroatoms. The van der Waals surface area contributed by atoms with Crippen LogP contribution in [-0.2, 0) is 0 Å². The Labute approximate surface area is 118 Å². The maximum absolute atomic E-state index is 8.85. The molecule has 0 aliphatic carbocycles. The Balaban J connectivity index is 2.38. The number of hydrogen-bond donors (Lipinski definition) is 2. The highest BCUT2D eigenvalue weighted by Gasteiger charge is 2.09. The van der Waals surface area contributed by atoms with E-state index in [0.717, 1.165) is 22.9 Å². The van der Waals surface area contributed by atoms with Crippen molar-refractivity contribution in [3.63, 3.8) is 0 Å². The molecule has 3 N–H and O–H groups in total. The van der Waals surface area contributed by atoms with Gasteiger partial charge in [-0.05, 0) is 29.9 Å². The van der Waals surface area contributed by atoms with Gasteiger partial charge in [0.2, 0.25) is 0 Å². The molecule has 0 saturated carbocycles. The fraction of sp³-hybridized carbons (Fsp3) is 0.312. The van der Waals surface area contributed by atoms with E-state index in [1.807, 2.05) is 36.4 Å². The molecule has 0 radical (unpaired) electrons. The zero-order chi connectivity index (χ0) is 14.5. The van der Waals surface area contributed by atoms with E-state index in [1.165, 1.54) is 0 Å². The number of nitrogens with two attached hydrogens (primary N) is 1. The summed E-state index contributed by atoms with van der Waals surface area (Å²) < 4.78 is 5.86. The van der Waals surface area contributed by atoms with Gasteiger partial charge in [0.1, 0.15) is 5.75 Å². The van der Waals surface area contributed by atoms with Crippen LogP contribution in [0.5, 0.6) is 5.75 Å². The number of rotatable bonds is 5. The summed E-state index contributed by atoms with van der Waals surface area (Å²) in [5.41, 5.74) is 6.42. The molecule has 0 unspecified atom stereocenters. The van der Waals surface area contributed by atoms with Crippen LogP contribution in [0.4, 0.5) is 0 Å². The van der Waals surface area contributed by atoms with Gasteiger partial charge in [0.25, 0.3) is 0 Å². The van der Waals surface area contributed by atoms with E-state index in [2.05, 4.69) is 19.0 Å². The first-order valence-corrected chi connectivity index (χ1v) is 6.76. The number of amidine groups is 1. The molecule has 106 valence electrons. The summed E-state index contributed by atoms with van der Waals surface area (Å²) in [6.45, 7) is 5.02. The van der Waals surface area contributed by atoms with E-state index < -0.39 is 0 Å². The first-order chi connectivity index (χ1) is 9.63. The molecule has 0 spiro atoms. The second-order valence-electron chi connectivity index (χ2n) is 5.17. The molecular formula is C16H20N2O2. The number of oxime groups is 1. The highest BCUT2D eigenvalue weighted by molar-refractivity contribution is 6.10. The highest BCUT2D eigenvalue weighted by atomic mass is 16.5. The van der Waals surface area contributed by atoms with Crippen LogP contribution < -0.4 is 10.5 Å². The SMILES string of the molecule is CC(C)CCOc1ccc(/C(N)=N/O)c2ccccc12. The number of benzene rings is 2. The Hall–Kier alpha value is -2.23. The number of nitrogens with zero attached hydrogens (tertiary/aromatic N) is 1. The molecular weight excluding hydrogens is 252 g/mol. The third kappa shape index (κ3) is 3.02. The predicted octanol–water partition coefficient (Wildman–Crippen LogP) is 3.36. The topological polar surface area (TPSA) is 67.8 Å². The van der Waals surface area contributed by atoms with Crippen LogP contribution in [0, 0.1) is 5.92 Å². The van der Waals surface area contributed by atoms with E-state index in [-0.39, 0.29) is 5.84 Å². The summed E-state index contributed by atoms with van der Waals surface area (Å²) >= 11 is 0. The summed E-state index contributed by atoms with van der Waals surface area (Å²) in [5.74, 6) is 1.54. The fourth-order valence-electron chi connectivity index (χ4n) is 2.08. The van der Waals surface area contributed by atoms with Crippen molar-refractivity contribution in [1.82, 2.24) is 0 Å². The monoisotopic (exact) mass is 272 g/mol. The van der Waals surface area contributed by atoms with Gasteiger partial charge in [-0.2, -0.15) is 0 Å². The largest absolute Gasteiger partial charge is 0.493 e. The van der Waals surface area contributed by atoms with Gasteiger partial charge in [0.15, 0.2) is 5.84 Å². The van der Waals surface area contributed by atoms with Gasteiger partial charge >= 0.3 is 0 Å². The van der Waals surface area contributed by atoms with Gasteiger partial charge in [0, 0.05) is 10.9 Å². The maximum atomic E-state index is 8.85. The molecule has 0 saturated heterocycles. The number of fused-ring (bicyclic) bond motifs is 1. The molecule has 0 aliphatic heterocycles. The van der Waals surface area contributed by atoms with Crippen molar-refractivity contribution in [1.29, 1.82) is 0 Å². The second-order valence-corrected chi connectivity index (χ2v) is 5.17. The van der Waals surface area contributed by atoms with E-state index in [4.69, 9.17) is 15.7 Å². The molecule has 2 aromatic rings. The quantitative estimate of drug-likeness (QED) is 0.379. The van der Waals surface area contributed by atoms with Crippen molar-refractivity contribution in [2.45, 2.75) is 20.3 Å². The van der Waals surface area contributed by atoms with Crippen LogP contribution in [0.25, 0.3) is 10.8 Å². The van der Waals surface area contributed by atoms with E-state index in [9.17, 15) is 0 Å². The first-order valence-electron chi connectivity index (χ1n) is 6.76. The maximum Gasteiger partial charge on any atom is 0.170 e. The average molecular weight is 272 g/mol. The standard InChI is InChI=1S/C16H20N2O2/c1-11(2)9-10-20-15-8-7-14(16(17)18-19)12-5-3-4-6-13(12)15/h3-8,11,19H,9-10H2,1-2H3,(H2,17,18). The average Bonchev–Trinajstić information content (AvgIpc) is 2.46. The third-order valence-electron chi connectivity index (χ3n) is 3.22. The molecule has 0 amide bonds. The van der Waals surface area contributed by atoms with Crippen molar-refractivity contribution in [2.75, 3.05) is 6.61 Å². The highest BCUT2D eigenvalue weighted by Crippen LogP contribution is 2.28. The van der Waals surface area contributed by atoms with Gasteiger partial charge in [-0.25, -0.2) is 0 Å². The summed E-state index contributed by atoms with van der Waals surface area (Å²) in [5, 5.41) is 13.8. The van der Waals surface area contributed by atoms with E-state index in [0.29, 0.717) is 18.1 Å². The Morgan fingerprint density at radius 1 is 1.20 bits per heavy atom. The zero-order valence-corrected chi connectivity index (χ0v) is 11.8. The first kappa shape index (κ1) is 14.2. The van der Waals surface area contributed by atoms with Crippen LogP contribution in [0.2, 0.25) is 0 Å². The van der Waals surface area contributed by atoms with Crippen molar-refractivity contribution < 1.29 is 9.94 Å². The molecule has 0 atom stereocenters. The lowest BCUT2D eigenvalue weighted by atomic mass is 10.0. The smallest absolute Gasteiger partial charge is 0.170 e. The minimum absolute atomic E-state index is 0.106. The van der Waals surface area contributed by atoms with Crippen molar-refractivity contribution in [3.8, 4) is 5.75 Å². The normalized spacial score (nSPS) is 12.1. The molecule has 2 rings (SSSR count). The number of hydrogen-bond acceptors (Lipinski definition) is 3. The summed E-state index contributed by atoms with van der Waals surface area (Å²) in [6, 6.07) is 11.5. The fourth-order valence-corrected chi connectivity index (χ4v) is 2.08. The van der Waals surface area contributed by atoms with E-state index in [1.54, 1.807) is 0 Å². The molecule has 0 bridgehead atoms. The molecule has 0 aliphatic rings. The van der Waals surface area contributed by atoms with Gasteiger partial charge in [-0.3, -0.25) is 0 Å². The minimum Gasteiger partial charge on any atom is -0.493 e. The summed E-state index contributed by atoms with van der Waals surface area (Å²) in [4.78, 5) is 0.